The lowest BCUT2D eigenvalue weighted by Gasteiger charge is -2.45. The predicted octanol–water partition coefficient (Wildman–Crippen LogP) is 11.9. The van der Waals surface area contributed by atoms with Gasteiger partial charge in [0.05, 0.1) is 22.1 Å². The number of hydrogen-bond acceptors (Lipinski definition) is 1. The average molecular weight is 630 g/mol. The Labute approximate surface area is 284 Å². The second-order valence-electron chi connectivity index (χ2n) is 14.1. The van der Waals surface area contributed by atoms with E-state index in [1.807, 2.05) is 11.8 Å². The summed E-state index contributed by atoms with van der Waals surface area (Å²) in [5.41, 5.74) is 16.8. The zero-order valence-corrected chi connectivity index (χ0v) is 27.6. The van der Waals surface area contributed by atoms with Gasteiger partial charge < -0.3 is 4.57 Å². The lowest BCUT2D eigenvalue weighted by molar-refractivity contribution is 0.660. The van der Waals surface area contributed by atoms with E-state index in [9.17, 15) is 0 Å². The van der Waals surface area contributed by atoms with Crippen LogP contribution in [-0.4, -0.2) is 4.57 Å². The van der Waals surface area contributed by atoms with Crippen molar-refractivity contribution in [1.82, 2.24) is 4.57 Å². The molecular weight excluding hydrogens is 599 g/mol. The van der Waals surface area contributed by atoms with E-state index in [1.165, 1.54) is 92.9 Å². The molecule has 2 heteroatoms. The van der Waals surface area contributed by atoms with Crippen LogP contribution in [0.2, 0.25) is 0 Å². The van der Waals surface area contributed by atoms with E-state index in [0.717, 1.165) is 0 Å². The minimum atomic E-state index is -0.472. The van der Waals surface area contributed by atoms with Crippen molar-refractivity contribution in [2.45, 2.75) is 34.5 Å². The summed E-state index contributed by atoms with van der Waals surface area (Å²) < 4.78 is 2.52. The molecule has 8 aromatic rings. The number of aromatic nitrogens is 1. The second kappa shape index (κ2) is 9.18. The van der Waals surface area contributed by atoms with Crippen molar-refractivity contribution in [3.05, 3.63) is 185 Å². The Bertz CT molecular complexity index is 2690. The first-order valence-corrected chi connectivity index (χ1v) is 17.7. The van der Waals surface area contributed by atoms with Gasteiger partial charge in [-0.05, 0) is 92.0 Å². The second-order valence-corrected chi connectivity index (χ2v) is 15.1. The number of nitrogens with zero attached hydrogens (tertiary/aromatic N) is 1. The molecule has 1 nitrogen and oxygen atoms in total. The fourth-order valence-corrected chi connectivity index (χ4v) is 10.6. The van der Waals surface area contributed by atoms with E-state index in [0.29, 0.717) is 0 Å². The van der Waals surface area contributed by atoms with Crippen molar-refractivity contribution in [3.8, 4) is 27.9 Å². The maximum Gasteiger partial charge on any atom is 0.0764 e. The number of para-hydroxylation sites is 3. The molecule has 0 saturated heterocycles. The molecule has 0 fully saturated rings. The zero-order chi connectivity index (χ0) is 31.8. The lowest BCUT2D eigenvalue weighted by Crippen LogP contribution is -2.37. The van der Waals surface area contributed by atoms with E-state index in [4.69, 9.17) is 0 Å². The first kappa shape index (κ1) is 26.7. The van der Waals surface area contributed by atoms with E-state index in [-0.39, 0.29) is 5.41 Å². The molecule has 0 N–H and O–H groups in total. The van der Waals surface area contributed by atoms with Gasteiger partial charge in [0.25, 0.3) is 0 Å². The van der Waals surface area contributed by atoms with Crippen LogP contribution in [-0.2, 0) is 10.8 Å². The SMILES string of the molecule is CC1(C)c2ccccc2-c2ccc(-c3ccc4c(c3)C3(c5ccccc5S4)c4ccccc4-n4c5ccccc5c5cccc3c54)cc21. The molecule has 2 aliphatic heterocycles. The Balaban J connectivity index is 1.24. The van der Waals surface area contributed by atoms with Gasteiger partial charge in [0.15, 0.2) is 0 Å². The van der Waals surface area contributed by atoms with Gasteiger partial charge in [-0.3, -0.25) is 0 Å². The van der Waals surface area contributed by atoms with Crippen LogP contribution in [0, 0.1) is 0 Å². The van der Waals surface area contributed by atoms with Gasteiger partial charge in [0.1, 0.15) is 0 Å². The smallest absolute Gasteiger partial charge is 0.0764 e. The van der Waals surface area contributed by atoms with Gasteiger partial charge >= 0.3 is 0 Å². The van der Waals surface area contributed by atoms with Crippen molar-refractivity contribution < 1.29 is 0 Å². The Morgan fingerprint density at radius 2 is 1.08 bits per heavy atom. The van der Waals surface area contributed by atoms with Crippen molar-refractivity contribution >= 4 is 33.6 Å². The summed E-state index contributed by atoms with van der Waals surface area (Å²) in [5.74, 6) is 0. The molecule has 0 amide bonds. The summed E-state index contributed by atoms with van der Waals surface area (Å²) >= 11 is 1.91. The van der Waals surface area contributed by atoms with E-state index < -0.39 is 5.41 Å². The van der Waals surface area contributed by atoms with Gasteiger partial charge in [-0.15, -0.1) is 0 Å². The Morgan fingerprint density at radius 3 is 1.98 bits per heavy atom. The zero-order valence-electron chi connectivity index (χ0n) is 26.8. The van der Waals surface area contributed by atoms with Crippen molar-refractivity contribution in [2.75, 3.05) is 0 Å². The molecule has 1 spiro atoms. The number of benzene rings is 7. The quantitative estimate of drug-likeness (QED) is 0.175. The first-order valence-electron chi connectivity index (χ1n) is 16.9. The molecule has 0 bridgehead atoms. The highest BCUT2D eigenvalue weighted by molar-refractivity contribution is 7.99. The normalized spacial score (nSPS) is 17.5. The maximum atomic E-state index is 2.52. The van der Waals surface area contributed by atoms with E-state index in [2.05, 4.69) is 170 Å². The molecule has 1 aliphatic carbocycles. The number of hydrogen-bond donors (Lipinski definition) is 0. The third-order valence-electron chi connectivity index (χ3n) is 11.5. The van der Waals surface area contributed by atoms with Crippen LogP contribution in [0.4, 0.5) is 0 Å². The summed E-state index contributed by atoms with van der Waals surface area (Å²) in [5, 5.41) is 2.61. The van der Waals surface area contributed by atoms with E-state index in [1.54, 1.807) is 0 Å². The predicted molar refractivity (Wildman–Crippen MR) is 200 cm³/mol. The molecule has 1 unspecified atom stereocenters. The lowest BCUT2D eigenvalue weighted by atomic mass is 9.62. The molecule has 3 aliphatic rings. The van der Waals surface area contributed by atoms with Crippen LogP contribution in [0.15, 0.2) is 161 Å². The summed E-state index contributed by atoms with van der Waals surface area (Å²) in [6.45, 7) is 4.74. The molecular formula is C46H31NS. The fourth-order valence-electron chi connectivity index (χ4n) is 9.39. The Morgan fingerprint density at radius 1 is 0.458 bits per heavy atom. The number of rotatable bonds is 1. The van der Waals surface area contributed by atoms with Crippen LogP contribution < -0.4 is 0 Å². The van der Waals surface area contributed by atoms with Crippen molar-refractivity contribution in [2.24, 2.45) is 0 Å². The van der Waals surface area contributed by atoms with Gasteiger partial charge in [0, 0.05) is 26.0 Å². The van der Waals surface area contributed by atoms with Crippen molar-refractivity contribution in [3.63, 3.8) is 0 Å². The topological polar surface area (TPSA) is 4.93 Å². The van der Waals surface area contributed by atoms with E-state index >= 15 is 0 Å². The third kappa shape index (κ3) is 3.15. The van der Waals surface area contributed by atoms with Crippen LogP contribution in [0.3, 0.4) is 0 Å². The number of fused-ring (bicyclic) bond motifs is 14. The Kier molecular flexibility index (Phi) is 5.11. The summed E-state index contributed by atoms with van der Waals surface area (Å²) in [6.07, 6.45) is 0. The molecule has 1 atom stereocenters. The highest BCUT2D eigenvalue weighted by atomic mass is 32.2. The minimum absolute atomic E-state index is 0.0441. The van der Waals surface area contributed by atoms with Crippen LogP contribution in [0.1, 0.15) is 47.2 Å². The molecule has 11 rings (SSSR count). The average Bonchev–Trinajstić information content (AvgIpc) is 3.59. The molecule has 48 heavy (non-hydrogen) atoms. The molecule has 0 radical (unpaired) electrons. The van der Waals surface area contributed by atoms with Crippen LogP contribution in [0.25, 0.3) is 49.7 Å². The summed E-state index contributed by atoms with van der Waals surface area (Å²) in [4.78, 5) is 2.65. The Hall–Kier alpha value is -5.31. The largest absolute Gasteiger partial charge is 0.309 e. The monoisotopic (exact) mass is 629 g/mol. The van der Waals surface area contributed by atoms with Crippen LogP contribution in [0.5, 0.6) is 0 Å². The fraction of sp³-hybridized carbons (Fsp3) is 0.0870. The van der Waals surface area contributed by atoms with Gasteiger partial charge in [-0.2, -0.15) is 0 Å². The summed E-state index contributed by atoms with van der Waals surface area (Å²) in [6, 6.07) is 57.4. The first-order chi connectivity index (χ1) is 23.6. The molecule has 1 aromatic heterocycles. The maximum absolute atomic E-state index is 2.52. The summed E-state index contributed by atoms with van der Waals surface area (Å²) in [7, 11) is 0. The van der Waals surface area contributed by atoms with Gasteiger partial charge in [-0.1, -0.05) is 141 Å². The highest BCUT2D eigenvalue weighted by Gasteiger charge is 2.49. The minimum Gasteiger partial charge on any atom is -0.309 e. The van der Waals surface area contributed by atoms with Gasteiger partial charge in [0.2, 0.25) is 0 Å². The van der Waals surface area contributed by atoms with Gasteiger partial charge in [-0.25, -0.2) is 0 Å². The highest BCUT2D eigenvalue weighted by Crippen LogP contribution is 2.61. The molecule has 3 heterocycles. The van der Waals surface area contributed by atoms with Crippen molar-refractivity contribution in [1.29, 1.82) is 0 Å². The van der Waals surface area contributed by atoms with Crippen LogP contribution >= 0.6 is 11.8 Å². The molecule has 7 aromatic carbocycles. The third-order valence-corrected chi connectivity index (χ3v) is 12.6. The molecule has 226 valence electrons. The standard InChI is InChI=1S/C46H31NS/c1-45(2)34-15-5-3-12-30(34)31-24-22-28(26-38(31)45)29-23-25-43-39(27-29)46(36-17-7-10-21-42(36)48-43)35-16-6-9-20-41(35)47-40-19-8-4-13-32(40)33-14-11-18-37(46)44(33)47/h3-27H,1-2H3. The molecule has 0 saturated carbocycles.